The van der Waals surface area contributed by atoms with Gasteiger partial charge in [-0.05, 0) is 27.8 Å². The number of aryl methyl sites for hydroxylation is 1. The van der Waals surface area contributed by atoms with E-state index in [0.29, 0.717) is 11.3 Å². The molecule has 0 bridgehead atoms. The maximum absolute atomic E-state index is 10.9. The van der Waals surface area contributed by atoms with Crippen molar-refractivity contribution in [3.63, 3.8) is 0 Å². The Bertz CT molecular complexity index is 662. The highest BCUT2D eigenvalue weighted by Gasteiger charge is 2.23. The van der Waals surface area contributed by atoms with E-state index in [9.17, 15) is 14.9 Å². The summed E-state index contributed by atoms with van der Waals surface area (Å²) in [5, 5.41) is 26.7. The number of hydrogen-bond donors (Lipinski definition) is 1. The minimum Gasteiger partial charge on any atom is -0.476 e. The molecule has 0 aliphatic carbocycles. The Kier molecular flexibility index (Phi) is 3.34. The van der Waals surface area contributed by atoms with Crippen molar-refractivity contribution in [1.29, 1.82) is 0 Å². The van der Waals surface area contributed by atoms with E-state index in [2.05, 4.69) is 26.2 Å². The van der Waals surface area contributed by atoms with Gasteiger partial charge < -0.3 is 19.7 Å². The molecular formula is C9H7BrN4O5. The van der Waals surface area contributed by atoms with Crippen molar-refractivity contribution >= 4 is 27.7 Å². The maximum Gasteiger partial charge on any atom is 0.404 e. The molecule has 0 atom stereocenters. The van der Waals surface area contributed by atoms with Crippen LogP contribution in [0.5, 0.6) is 0 Å². The number of aromatic nitrogens is 3. The largest absolute Gasteiger partial charge is 0.476 e. The first-order chi connectivity index (χ1) is 8.90. The van der Waals surface area contributed by atoms with Crippen LogP contribution in [0.25, 0.3) is 0 Å². The lowest BCUT2D eigenvalue weighted by Crippen LogP contribution is -2.07. The van der Waals surface area contributed by atoms with Crippen LogP contribution in [0.2, 0.25) is 0 Å². The highest BCUT2D eigenvalue weighted by atomic mass is 79.9. The normalized spacial score (nSPS) is 10.6. The molecular weight excluding hydrogens is 324 g/mol. The highest BCUT2D eigenvalue weighted by molar-refractivity contribution is 9.10. The molecule has 2 aromatic heterocycles. The molecule has 0 aliphatic heterocycles. The first-order valence-electron chi connectivity index (χ1n) is 4.96. The molecule has 2 rings (SSSR count). The first-order valence-corrected chi connectivity index (χ1v) is 5.75. The van der Waals surface area contributed by atoms with Crippen LogP contribution >= 0.6 is 15.9 Å². The smallest absolute Gasteiger partial charge is 0.404 e. The molecule has 19 heavy (non-hydrogen) atoms. The van der Waals surface area contributed by atoms with E-state index in [0.717, 1.165) is 0 Å². The second-order valence-corrected chi connectivity index (χ2v) is 4.48. The van der Waals surface area contributed by atoms with E-state index < -0.39 is 10.9 Å². The lowest BCUT2D eigenvalue weighted by atomic mass is 10.2. The van der Waals surface area contributed by atoms with Crippen LogP contribution in [0.3, 0.4) is 0 Å². The number of hydrogen-bond acceptors (Lipinski definition) is 6. The van der Waals surface area contributed by atoms with Crippen LogP contribution in [0.1, 0.15) is 21.8 Å². The quantitative estimate of drug-likeness (QED) is 0.666. The maximum atomic E-state index is 10.9. The molecule has 10 heteroatoms. The molecule has 100 valence electrons. The third-order valence-corrected chi connectivity index (χ3v) is 2.94. The molecule has 0 amide bonds. The standard InChI is InChI=1S/C9H7BrN4O5/c1-4-5(7(9(15)16)12-19-4)2-13-3-6(10)8(11-13)14(17)18/h3H,2H2,1H3,(H,15,16). The van der Waals surface area contributed by atoms with Gasteiger partial charge in [-0.25, -0.2) is 4.79 Å². The average molecular weight is 331 g/mol. The van der Waals surface area contributed by atoms with Crippen molar-refractivity contribution in [2.24, 2.45) is 0 Å². The first kappa shape index (κ1) is 13.2. The van der Waals surface area contributed by atoms with Crippen molar-refractivity contribution in [2.75, 3.05) is 0 Å². The fourth-order valence-corrected chi connectivity index (χ4v) is 1.96. The number of nitro groups is 1. The van der Waals surface area contributed by atoms with Crippen molar-refractivity contribution in [2.45, 2.75) is 13.5 Å². The molecule has 0 spiro atoms. The number of nitrogens with zero attached hydrogens (tertiary/aromatic N) is 4. The molecule has 1 N–H and O–H groups in total. The van der Waals surface area contributed by atoms with Crippen LogP contribution in [0.15, 0.2) is 15.2 Å². The van der Waals surface area contributed by atoms with Crippen LogP contribution in [0, 0.1) is 17.0 Å². The molecule has 0 fully saturated rings. The van der Waals surface area contributed by atoms with Gasteiger partial charge >= 0.3 is 11.8 Å². The SMILES string of the molecule is Cc1onc(C(=O)O)c1Cn1cc(Br)c([N+](=O)[O-])n1. The zero-order chi connectivity index (χ0) is 14.2. The Morgan fingerprint density at radius 3 is 2.89 bits per heavy atom. The van der Waals surface area contributed by atoms with Crippen molar-refractivity contribution < 1.29 is 19.3 Å². The summed E-state index contributed by atoms with van der Waals surface area (Å²) >= 11 is 3.01. The van der Waals surface area contributed by atoms with E-state index >= 15 is 0 Å². The van der Waals surface area contributed by atoms with E-state index in [1.54, 1.807) is 6.92 Å². The minimum atomic E-state index is -1.23. The van der Waals surface area contributed by atoms with Crippen LogP contribution in [0.4, 0.5) is 5.82 Å². The Morgan fingerprint density at radius 1 is 1.68 bits per heavy atom. The zero-order valence-electron chi connectivity index (χ0n) is 9.53. The number of aromatic carboxylic acids is 1. The van der Waals surface area contributed by atoms with Gasteiger partial charge in [-0.15, -0.1) is 0 Å². The number of carboxylic acids is 1. The van der Waals surface area contributed by atoms with Crippen LogP contribution < -0.4 is 0 Å². The summed E-state index contributed by atoms with van der Waals surface area (Å²) in [6.07, 6.45) is 1.39. The summed E-state index contributed by atoms with van der Waals surface area (Å²) in [4.78, 5) is 21.0. The van der Waals surface area contributed by atoms with Gasteiger partial charge in [0.05, 0.1) is 23.4 Å². The highest BCUT2D eigenvalue weighted by Crippen LogP contribution is 2.23. The second kappa shape index (κ2) is 4.80. The molecule has 0 radical (unpaired) electrons. The summed E-state index contributed by atoms with van der Waals surface area (Å²) in [6, 6.07) is 0. The van der Waals surface area contributed by atoms with E-state index in [-0.39, 0.29) is 22.5 Å². The molecule has 0 saturated carbocycles. The van der Waals surface area contributed by atoms with Crippen molar-refractivity contribution in [3.8, 4) is 0 Å². The zero-order valence-corrected chi connectivity index (χ0v) is 11.1. The van der Waals surface area contributed by atoms with Gasteiger partial charge in [0.1, 0.15) is 10.2 Å². The topological polar surface area (TPSA) is 124 Å². The number of carbonyl (C=O) groups is 1. The average Bonchev–Trinajstić information content (AvgIpc) is 2.84. The monoisotopic (exact) mass is 330 g/mol. The fraction of sp³-hybridized carbons (Fsp3) is 0.222. The summed E-state index contributed by atoms with van der Waals surface area (Å²) in [5.74, 6) is -1.25. The van der Waals surface area contributed by atoms with Gasteiger partial charge in [0.15, 0.2) is 5.69 Å². The van der Waals surface area contributed by atoms with Crippen molar-refractivity contribution in [3.05, 3.63) is 37.8 Å². The molecule has 2 heterocycles. The lowest BCUT2D eigenvalue weighted by molar-refractivity contribution is -0.390. The number of rotatable bonds is 4. The third kappa shape index (κ3) is 2.47. The van der Waals surface area contributed by atoms with E-state index in [1.807, 2.05) is 0 Å². The predicted molar refractivity (Wildman–Crippen MR) is 63.9 cm³/mol. The van der Waals surface area contributed by atoms with Gasteiger partial charge in [-0.1, -0.05) is 5.16 Å². The molecule has 2 aromatic rings. The Labute approximate surface area is 114 Å². The Balaban J connectivity index is 2.36. The Hall–Kier alpha value is -2.23. The van der Waals surface area contributed by atoms with Gasteiger partial charge in [0, 0.05) is 0 Å². The summed E-state index contributed by atoms with van der Waals surface area (Å²) in [5.41, 5.74) is 0.0872. The molecule has 0 saturated heterocycles. The van der Waals surface area contributed by atoms with E-state index in [1.165, 1.54) is 10.9 Å². The summed E-state index contributed by atoms with van der Waals surface area (Å²) in [6.45, 7) is 1.57. The van der Waals surface area contributed by atoms with Gasteiger partial charge in [0.25, 0.3) is 0 Å². The van der Waals surface area contributed by atoms with Gasteiger partial charge in [-0.3, -0.25) is 0 Å². The van der Waals surface area contributed by atoms with Crippen LogP contribution in [-0.2, 0) is 6.54 Å². The number of halogens is 1. The van der Waals surface area contributed by atoms with E-state index in [4.69, 9.17) is 9.63 Å². The number of carboxylic acid groups (broad SMARTS) is 1. The molecule has 0 unspecified atom stereocenters. The Morgan fingerprint density at radius 2 is 2.37 bits per heavy atom. The van der Waals surface area contributed by atoms with Crippen molar-refractivity contribution in [1.82, 2.24) is 14.9 Å². The fourth-order valence-electron chi connectivity index (χ4n) is 1.50. The second-order valence-electron chi connectivity index (χ2n) is 3.63. The molecule has 0 aromatic carbocycles. The van der Waals surface area contributed by atoms with Gasteiger partial charge in [0.2, 0.25) is 0 Å². The van der Waals surface area contributed by atoms with Crippen LogP contribution in [-0.4, -0.2) is 30.9 Å². The van der Waals surface area contributed by atoms with Gasteiger partial charge in [-0.2, -0.15) is 4.68 Å². The summed E-state index contributed by atoms with van der Waals surface area (Å²) in [7, 11) is 0. The molecule has 0 aliphatic rings. The summed E-state index contributed by atoms with van der Waals surface area (Å²) < 4.78 is 6.25. The lowest BCUT2D eigenvalue weighted by Gasteiger charge is -1.96. The molecule has 9 nitrogen and oxygen atoms in total. The minimum absolute atomic E-state index is 0.0173. The third-order valence-electron chi connectivity index (χ3n) is 2.38. The predicted octanol–water partition coefficient (Wildman–Crippen LogP) is 1.60.